The molecule has 0 aliphatic rings. The van der Waals surface area contributed by atoms with Crippen LogP contribution < -0.4 is 14.8 Å². The maximum absolute atomic E-state index is 12.3. The van der Waals surface area contributed by atoms with Crippen molar-refractivity contribution in [1.82, 2.24) is 5.32 Å². The van der Waals surface area contributed by atoms with Gasteiger partial charge in [-0.25, -0.2) is 0 Å². The second-order valence-electron chi connectivity index (χ2n) is 6.25. The summed E-state index contributed by atoms with van der Waals surface area (Å²) in [4.78, 5) is 12.3. The molecule has 0 saturated heterocycles. The number of carbonyl (C=O) groups is 1. The summed E-state index contributed by atoms with van der Waals surface area (Å²) in [6.07, 6.45) is -0.560. The number of para-hydroxylation sites is 1. The summed E-state index contributed by atoms with van der Waals surface area (Å²) in [5.74, 6) is 1.77. The molecular formula is C21H27NO3. The summed E-state index contributed by atoms with van der Waals surface area (Å²) in [7, 11) is 0. The van der Waals surface area contributed by atoms with E-state index in [2.05, 4.69) is 19.2 Å². The van der Waals surface area contributed by atoms with Crippen LogP contribution in [-0.2, 0) is 11.3 Å². The number of rotatable bonds is 8. The van der Waals surface area contributed by atoms with E-state index in [4.69, 9.17) is 9.47 Å². The maximum Gasteiger partial charge on any atom is 0.261 e. The van der Waals surface area contributed by atoms with E-state index in [9.17, 15) is 4.79 Å². The summed E-state index contributed by atoms with van der Waals surface area (Å²) < 4.78 is 11.4. The fraction of sp³-hybridized carbons (Fsp3) is 0.381. The van der Waals surface area contributed by atoms with Crippen LogP contribution in [0.15, 0.2) is 48.5 Å². The van der Waals surface area contributed by atoms with Gasteiger partial charge < -0.3 is 14.8 Å². The first-order valence-electron chi connectivity index (χ1n) is 8.76. The van der Waals surface area contributed by atoms with Crippen LogP contribution in [-0.4, -0.2) is 18.6 Å². The molecule has 2 aromatic rings. The Hall–Kier alpha value is -2.49. The predicted molar refractivity (Wildman–Crippen MR) is 100 cm³/mol. The van der Waals surface area contributed by atoms with Crippen molar-refractivity contribution < 1.29 is 14.3 Å². The molecule has 1 N–H and O–H groups in total. The Morgan fingerprint density at radius 2 is 1.84 bits per heavy atom. The van der Waals surface area contributed by atoms with Crippen molar-refractivity contribution in [3.63, 3.8) is 0 Å². The maximum atomic E-state index is 12.3. The largest absolute Gasteiger partial charge is 0.494 e. The van der Waals surface area contributed by atoms with E-state index in [-0.39, 0.29) is 5.91 Å². The van der Waals surface area contributed by atoms with Crippen LogP contribution in [0.3, 0.4) is 0 Å². The summed E-state index contributed by atoms with van der Waals surface area (Å²) in [5.41, 5.74) is 2.10. The molecule has 4 heteroatoms. The number of hydrogen-bond acceptors (Lipinski definition) is 3. The highest BCUT2D eigenvalue weighted by Gasteiger charge is 2.17. The predicted octanol–water partition coefficient (Wildman–Crippen LogP) is 4.29. The lowest BCUT2D eigenvalue weighted by Gasteiger charge is -2.18. The van der Waals surface area contributed by atoms with Crippen molar-refractivity contribution in [1.29, 1.82) is 0 Å². The van der Waals surface area contributed by atoms with Gasteiger partial charge in [0.1, 0.15) is 11.5 Å². The lowest BCUT2D eigenvalue weighted by atomic mass is 10.0. The Balaban J connectivity index is 1.94. The van der Waals surface area contributed by atoms with Crippen LogP contribution >= 0.6 is 0 Å². The van der Waals surface area contributed by atoms with Gasteiger partial charge in [0.05, 0.1) is 6.61 Å². The number of amides is 1. The van der Waals surface area contributed by atoms with Gasteiger partial charge in [0.25, 0.3) is 5.91 Å². The van der Waals surface area contributed by atoms with Crippen LogP contribution in [0.25, 0.3) is 0 Å². The zero-order chi connectivity index (χ0) is 18.2. The van der Waals surface area contributed by atoms with Gasteiger partial charge in [0, 0.05) is 6.54 Å². The van der Waals surface area contributed by atoms with Gasteiger partial charge in [-0.05, 0) is 49.1 Å². The summed E-state index contributed by atoms with van der Waals surface area (Å²) in [6, 6.07) is 15.6. The van der Waals surface area contributed by atoms with Gasteiger partial charge in [-0.1, -0.05) is 44.2 Å². The zero-order valence-electron chi connectivity index (χ0n) is 15.4. The summed E-state index contributed by atoms with van der Waals surface area (Å²) in [5, 5.41) is 2.92. The Labute approximate surface area is 150 Å². The standard InChI is InChI=1S/C21H27NO3/c1-5-24-18-10-8-9-17(13-18)14-22-21(23)16(4)25-20-12-7-6-11-19(20)15(2)3/h6-13,15-16H,5,14H2,1-4H3,(H,22,23)/t16-/m1/s1. The van der Waals surface area contributed by atoms with E-state index in [0.29, 0.717) is 19.1 Å². The van der Waals surface area contributed by atoms with Crippen LogP contribution in [0.2, 0.25) is 0 Å². The molecule has 0 fully saturated rings. The SMILES string of the molecule is CCOc1cccc(CNC(=O)[C@@H](C)Oc2ccccc2C(C)C)c1. The number of carbonyl (C=O) groups excluding carboxylic acids is 1. The van der Waals surface area contributed by atoms with E-state index >= 15 is 0 Å². The van der Waals surface area contributed by atoms with Crippen molar-refractivity contribution in [2.24, 2.45) is 0 Å². The number of benzene rings is 2. The minimum absolute atomic E-state index is 0.139. The van der Waals surface area contributed by atoms with Gasteiger partial charge >= 0.3 is 0 Å². The van der Waals surface area contributed by atoms with Gasteiger partial charge in [-0.3, -0.25) is 4.79 Å². The Bertz CT molecular complexity index is 697. The third-order valence-corrected chi connectivity index (χ3v) is 3.89. The quantitative estimate of drug-likeness (QED) is 0.779. The molecule has 0 saturated carbocycles. The lowest BCUT2D eigenvalue weighted by Crippen LogP contribution is -2.36. The molecule has 0 aliphatic heterocycles. The second kappa shape index (κ2) is 9.11. The normalized spacial score (nSPS) is 11.9. The lowest BCUT2D eigenvalue weighted by molar-refractivity contribution is -0.127. The van der Waals surface area contributed by atoms with Crippen molar-refractivity contribution >= 4 is 5.91 Å². The topological polar surface area (TPSA) is 47.6 Å². The Morgan fingerprint density at radius 1 is 1.08 bits per heavy atom. The molecule has 0 bridgehead atoms. The van der Waals surface area contributed by atoms with Crippen LogP contribution in [0.1, 0.15) is 44.7 Å². The molecule has 0 radical (unpaired) electrons. The fourth-order valence-corrected chi connectivity index (χ4v) is 2.55. The second-order valence-corrected chi connectivity index (χ2v) is 6.25. The van der Waals surface area contributed by atoms with E-state index < -0.39 is 6.10 Å². The number of hydrogen-bond donors (Lipinski definition) is 1. The van der Waals surface area contributed by atoms with Gasteiger partial charge in [0.15, 0.2) is 6.10 Å². The molecule has 4 nitrogen and oxygen atoms in total. The molecule has 2 aromatic carbocycles. The molecule has 2 rings (SSSR count). The Kier molecular flexibility index (Phi) is 6.87. The minimum Gasteiger partial charge on any atom is -0.494 e. The third kappa shape index (κ3) is 5.52. The Morgan fingerprint density at radius 3 is 2.56 bits per heavy atom. The molecular weight excluding hydrogens is 314 g/mol. The molecule has 0 aromatic heterocycles. The zero-order valence-corrected chi connectivity index (χ0v) is 15.4. The fourth-order valence-electron chi connectivity index (χ4n) is 2.55. The van der Waals surface area contributed by atoms with Crippen LogP contribution in [0.5, 0.6) is 11.5 Å². The molecule has 25 heavy (non-hydrogen) atoms. The first-order chi connectivity index (χ1) is 12.0. The molecule has 0 heterocycles. The molecule has 0 spiro atoms. The van der Waals surface area contributed by atoms with E-state index in [1.165, 1.54) is 0 Å². The third-order valence-electron chi connectivity index (χ3n) is 3.89. The molecule has 1 atom stereocenters. The molecule has 0 aliphatic carbocycles. The van der Waals surface area contributed by atoms with E-state index in [1.807, 2.05) is 55.5 Å². The monoisotopic (exact) mass is 341 g/mol. The first-order valence-corrected chi connectivity index (χ1v) is 8.76. The molecule has 1 amide bonds. The van der Waals surface area contributed by atoms with Crippen molar-refractivity contribution in [2.45, 2.75) is 46.3 Å². The highest BCUT2D eigenvalue weighted by atomic mass is 16.5. The average molecular weight is 341 g/mol. The van der Waals surface area contributed by atoms with Gasteiger partial charge in [-0.2, -0.15) is 0 Å². The van der Waals surface area contributed by atoms with E-state index in [0.717, 1.165) is 22.6 Å². The average Bonchev–Trinajstić information content (AvgIpc) is 2.60. The van der Waals surface area contributed by atoms with Crippen LogP contribution in [0, 0.1) is 0 Å². The summed E-state index contributed by atoms with van der Waals surface area (Å²) >= 11 is 0. The van der Waals surface area contributed by atoms with Gasteiger partial charge in [-0.15, -0.1) is 0 Å². The molecule has 0 unspecified atom stereocenters. The van der Waals surface area contributed by atoms with Crippen molar-refractivity contribution in [3.8, 4) is 11.5 Å². The summed E-state index contributed by atoms with van der Waals surface area (Å²) in [6.45, 7) is 9.00. The minimum atomic E-state index is -0.560. The first kappa shape index (κ1) is 18.8. The van der Waals surface area contributed by atoms with Gasteiger partial charge in [0.2, 0.25) is 0 Å². The van der Waals surface area contributed by atoms with Crippen molar-refractivity contribution in [3.05, 3.63) is 59.7 Å². The van der Waals surface area contributed by atoms with Crippen molar-refractivity contribution in [2.75, 3.05) is 6.61 Å². The number of ether oxygens (including phenoxy) is 2. The molecule has 134 valence electrons. The number of nitrogens with one attached hydrogen (secondary N) is 1. The van der Waals surface area contributed by atoms with Crippen LogP contribution in [0.4, 0.5) is 0 Å². The highest BCUT2D eigenvalue weighted by Crippen LogP contribution is 2.26. The van der Waals surface area contributed by atoms with E-state index in [1.54, 1.807) is 6.92 Å². The smallest absolute Gasteiger partial charge is 0.261 e. The highest BCUT2D eigenvalue weighted by molar-refractivity contribution is 5.80.